The molecule has 0 aliphatic heterocycles. The predicted molar refractivity (Wildman–Crippen MR) is 85.6 cm³/mol. The van der Waals surface area contributed by atoms with E-state index in [4.69, 9.17) is 18.0 Å². The molecule has 1 heterocycles. The number of anilines is 1. The van der Waals surface area contributed by atoms with Gasteiger partial charge in [0.25, 0.3) is 0 Å². The zero-order valence-electron chi connectivity index (χ0n) is 11.3. The molecule has 1 aromatic heterocycles. The number of benzene rings is 1. The Morgan fingerprint density at radius 1 is 1.32 bits per heavy atom. The molecule has 0 bridgehead atoms. The average Bonchev–Trinajstić information content (AvgIpc) is 2.43. The second kappa shape index (κ2) is 5.97. The first-order valence-corrected chi connectivity index (χ1v) is 7.02. The van der Waals surface area contributed by atoms with Crippen LogP contribution >= 0.6 is 12.2 Å². The fraction of sp³-hybridized carbons (Fsp3) is 0.333. The van der Waals surface area contributed by atoms with Crippen LogP contribution in [0.3, 0.4) is 0 Å². The van der Waals surface area contributed by atoms with Gasteiger partial charge in [-0.25, -0.2) is 4.98 Å². The van der Waals surface area contributed by atoms with Crippen LogP contribution in [-0.4, -0.2) is 16.0 Å². The van der Waals surface area contributed by atoms with Crippen LogP contribution < -0.4 is 11.1 Å². The van der Waals surface area contributed by atoms with Crippen molar-refractivity contribution in [2.24, 2.45) is 5.73 Å². The summed E-state index contributed by atoms with van der Waals surface area (Å²) in [5, 5.41) is 4.50. The number of para-hydroxylation sites is 1. The first-order valence-electron chi connectivity index (χ1n) is 6.61. The van der Waals surface area contributed by atoms with Crippen LogP contribution in [0.15, 0.2) is 30.3 Å². The van der Waals surface area contributed by atoms with E-state index < -0.39 is 0 Å². The minimum absolute atomic E-state index is 0.381. The van der Waals surface area contributed by atoms with Gasteiger partial charge in [0.2, 0.25) is 0 Å². The Bertz CT molecular complexity index is 591. The van der Waals surface area contributed by atoms with E-state index in [2.05, 4.69) is 24.1 Å². The first-order chi connectivity index (χ1) is 9.15. The topological polar surface area (TPSA) is 50.9 Å². The second-order valence-electron chi connectivity index (χ2n) is 4.60. The average molecular weight is 273 g/mol. The second-order valence-corrected chi connectivity index (χ2v) is 5.04. The molecule has 3 nitrogen and oxygen atoms in total. The molecular weight excluding hydrogens is 254 g/mol. The van der Waals surface area contributed by atoms with Crippen LogP contribution in [0.2, 0.25) is 0 Å². The molecule has 2 aromatic rings. The molecule has 0 saturated heterocycles. The maximum Gasteiger partial charge on any atom is 0.137 e. The monoisotopic (exact) mass is 273 g/mol. The molecule has 0 amide bonds. The largest absolute Gasteiger partial charge is 0.389 e. The van der Waals surface area contributed by atoms with Crippen molar-refractivity contribution in [3.63, 3.8) is 0 Å². The number of aromatic nitrogens is 1. The van der Waals surface area contributed by atoms with Gasteiger partial charge in [-0.1, -0.05) is 44.3 Å². The Kier molecular flexibility index (Phi) is 4.32. The minimum atomic E-state index is 0.381. The quantitative estimate of drug-likeness (QED) is 0.819. The molecule has 0 atom stereocenters. The number of hydrogen-bond acceptors (Lipinski definition) is 3. The third-order valence-electron chi connectivity index (χ3n) is 3.32. The SMILES string of the molecule is CCC(CC)Nc1nc2ccccc2cc1C(N)=S. The third-order valence-corrected chi connectivity index (χ3v) is 3.54. The van der Waals surface area contributed by atoms with E-state index in [1.807, 2.05) is 30.3 Å². The highest BCUT2D eigenvalue weighted by Crippen LogP contribution is 2.22. The highest BCUT2D eigenvalue weighted by atomic mass is 32.1. The summed E-state index contributed by atoms with van der Waals surface area (Å²) in [4.78, 5) is 5.03. The Balaban J connectivity index is 2.50. The lowest BCUT2D eigenvalue weighted by Crippen LogP contribution is -2.21. The van der Waals surface area contributed by atoms with Gasteiger partial charge in [0.05, 0.1) is 11.1 Å². The number of fused-ring (bicyclic) bond motifs is 1. The van der Waals surface area contributed by atoms with Gasteiger partial charge < -0.3 is 11.1 Å². The Hall–Kier alpha value is -1.68. The molecule has 3 N–H and O–H groups in total. The summed E-state index contributed by atoms with van der Waals surface area (Å²) < 4.78 is 0. The van der Waals surface area contributed by atoms with Crippen molar-refractivity contribution in [3.8, 4) is 0 Å². The van der Waals surface area contributed by atoms with Crippen LogP contribution in [-0.2, 0) is 0 Å². The molecule has 0 aliphatic rings. The molecule has 1 aromatic carbocycles. The van der Waals surface area contributed by atoms with E-state index in [-0.39, 0.29) is 0 Å². The summed E-state index contributed by atoms with van der Waals surface area (Å²) in [6.07, 6.45) is 2.09. The van der Waals surface area contributed by atoms with Crippen molar-refractivity contribution < 1.29 is 0 Å². The molecule has 2 rings (SSSR count). The van der Waals surface area contributed by atoms with E-state index >= 15 is 0 Å². The first kappa shape index (κ1) is 13.7. The lowest BCUT2D eigenvalue weighted by atomic mass is 10.1. The van der Waals surface area contributed by atoms with Gasteiger partial charge in [0, 0.05) is 11.4 Å². The Morgan fingerprint density at radius 3 is 2.63 bits per heavy atom. The fourth-order valence-corrected chi connectivity index (χ4v) is 2.26. The fourth-order valence-electron chi connectivity index (χ4n) is 2.10. The van der Waals surface area contributed by atoms with Crippen LogP contribution in [0.4, 0.5) is 5.82 Å². The highest BCUT2D eigenvalue weighted by Gasteiger charge is 2.12. The van der Waals surface area contributed by atoms with Gasteiger partial charge in [-0.15, -0.1) is 0 Å². The summed E-state index contributed by atoms with van der Waals surface area (Å²) in [5.41, 5.74) is 7.59. The molecule has 4 heteroatoms. The van der Waals surface area contributed by atoms with Gasteiger partial charge in [-0.3, -0.25) is 0 Å². The van der Waals surface area contributed by atoms with Crippen LogP contribution in [0, 0.1) is 0 Å². The van der Waals surface area contributed by atoms with E-state index in [9.17, 15) is 0 Å². The number of thiocarbonyl (C=S) groups is 1. The van der Waals surface area contributed by atoms with Crippen molar-refractivity contribution >= 4 is 33.9 Å². The molecule has 0 radical (unpaired) electrons. The maximum absolute atomic E-state index is 5.82. The zero-order valence-corrected chi connectivity index (χ0v) is 12.1. The smallest absolute Gasteiger partial charge is 0.137 e. The summed E-state index contributed by atoms with van der Waals surface area (Å²) in [6, 6.07) is 10.4. The summed E-state index contributed by atoms with van der Waals surface area (Å²) in [6.45, 7) is 4.31. The summed E-state index contributed by atoms with van der Waals surface area (Å²) >= 11 is 5.14. The standard InChI is InChI=1S/C15H19N3S/c1-3-11(4-2)17-15-12(14(16)19)9-10-7-5-6-8-13(10)18-15/h5-9,11H,3-4H2,1-2H3,(H2,16,19)(H,17,18). The highest BCUT2D eigenvalue weighted by molar-refractivity contribution is 7.80. The minimum Gasteiger partial charge on any atom is -0.389 e. The van der Waals surface area contributed by atoms with Crippen LogP contribution in [0.1, 0.15) is 32.3 Å². The van der Waals surface area contributed by atoms with Crippen molar-refractivity contribution in [1.29, 1.82) is 0 Å². The van der Waals surface area contributed by atoms with Gasteiger partial charge in [-0.05, 0) is 25.0 Å². The van der Waals surface area contributed by atoms with E-state index in [0.29, 0.717) is 11.0 Å². The number of nitrogens with zero attached hydrogens (tertiary/aromatic N) is 1. The summed E-state index contributed by atoms with van der Waals surface area (Å²) in [7, 11) is 0. The van der Waals surface area contributed by atoms with Crippen LogP contribution in [0.25, 0.3) is 10.9 Å². The zero-order chi connectivity index (χ0) is 13.8. The third kappa shape index (κ3) is 3.01. The maximum atomic E-state index is 5.82. The number of rotatable bonds is 5. The molecule has 0 saturated carbocycles. The number of hydrogen-bond donors (Lipinski definition) is 2. The lowest BCUT2D eigenvalue weighted by molar-refractivity contribution is 0.669. The number of pyridine rings is 1. The van der Waals surface area contributed by atoms with Gasteiger partial charge in [0.15, 0.2) is 0 Å². The van der Waals surface area contributed by atoms with E-state index in [1.54, 1.807) is 0 Å². The Labute approximate surface area is 119 Å². The normalized spacial score (nSPS) is 10.9. The van der Waals surface area contributed by atoms with Crippen molar-refractivity contribution in [3.05, 3.63) is 35.9 Å². The summed E-state index contributed by atoms with van der Waals surface area (Å²) in [5.74, 6) is 0.792. The molecule has 0 unspecified atom stereocenters. The molecule has 0 fully saturated rings. The van der Waals surface area contributed by atoms with Crippen LogP contribution in [0.5, 0.6) is 0 Å². The van der Waals surface area contributed by atoms with Crippen molar-refractivity contribution in [2.75, 3.05) is 5.32 Å². The van der Waals surface area contributed by atoms with Gasteiger partial charge >= 0.3 is 0 Å². The molecule has 0 spiro atoms. The van der Waals surface area contributed by atoms with Gasteiger partial charge in [-0.2, -0.15) is 0 Å². The Morgan fingerprint density at radius 2 is 2.00 bits per heavy atom. The molecule has 100 valence electrons. The number of nitrogens with one attached hydrogen (secondary N) is 1. The van der Waals surface area contributed by atoms with E-state index in [1.165, 1.54) is 0 Å². The lowest BCUT2D eigenvalue weighted by Gasteiger charge is -2.18. The molecule has 0 aliphatic carbocycles. The predicted octanol–water partition coefficient (Wildman–Crippen LogP) is 3.47. The number of nitrogens with two attached hydrogens (primary N) is 1. The molecule has 19 heavy (non-hydrogen) atoms. The van der Waals surface area contributed by atoms with Gasteiger partial charge in [0.1, 0.15) is 10.8 Å². The molecular formula is C15H19N3S. The van der Waals surface area contributed by atoms with E-state index in [0.717, 1.165) is 35.1 Å². The van der Waals surface area contributed by atoms with Crippen molar-refractivity contribution in [1.82, 2.24) is 4.98 Å². The van der Waals surface area contributed by atoms with Crippen molar-refractivity contribution in [2.45, 2.75) is 32.7 Å².